The number of carbonyl (C=O) groups excluding carboxylic acids is 1. The fraction of sp³-hybridized carbons (Fsp3) is 0.526. The van der Waals surface area contributed by atoms with E-state index in [0.29, 0.717) is 23.0 Å². The molecule has 0 saturated heterocycles. The molecule has 4 nitrogen and oxygen atoms in total. The molecular weight excluding hydrogens is 290 g/mol. The fourth-order valence-electron chi connectivity index (χ4n) is 3.73. The molecule has 2 fully saturated rings. The normalized spacial score (nSPS) is 25.8. The van der Waals surface area contributed by atoms with Crippen LogP contribution in [0.4, 0.5) is 0 Å². The zero-order chi connectivity index (χ0) is 16.4. The Morgan fingerprint density at radius 3 is 2.65 bits per heavy atom. The number of carbonyl (C=O) groups is 1. The Bertz CT molecular complexity index is 609. The van der Waals surface area contributed by atoms with Crippen LogP contribution < -0.4 is 9.47 Å². The van der Waals surface area contributed by atoms with E-state index in [4.69, 9.17) is 9.47 Å². The van der Waals surface area contributed by atoms with Crippen LogP contribution in [0.3, 0.4) is 0 Å². The predicted molar refractivity (Wildman–Crippen MR) is 90.0 cm³/mol. The summed E-state index contributed by atoms with van der Waals surface area (Å²) < 4.78 is 11.6. The van der Waals surface area contributed by atoms with E-state index >= 15 is 0 Å². The number of hydrogen-bond acceptors (Lipinski definition) is 4. The zero-order valence-electron chi connectivity index (χ0n) is 14.1. The van der Waals surface area contributed by atoms with Crippen LogP contribution in [0.15, 0.2) is 30.5 Å². The summed E-state index contributed by atoms with van der Waals surface area (Å²) in [5.74, 6) is 2.84. The topological polar surface area (TPSA) is 38.8 Å². The van der Waals surface area contributed by atoms with Crippen molar-refractivity contribution in [3.05, 3.63) is 36.0 Å². The molecule has 1 aromatic carbocycles. The van der Waals surface area contributed by atoms with Gasteiger partial charge in [-0.15, -0.1) is 0 Å². The Labute approximate surface area is 138 Å². The van der Waals surface area contributed by atoms with Crippen LogP contribution in [0.25, 0.3) is 0 Å². The molecule has 124 valence electrons. The molecule has 0 radical (unpaired) electrons. The van der Waals surface area contributed by atoms with Crippen molar-refractivity contribution in [3.8, 4) is 11.5 Å². The smallest absolute Gasteiger partial charge is 0.187 e. The molecule has 1 aromatic rings. The van der Waals surface area contributed by atoms with Gasteiger partial charge in [0.25, 0.3) is 0 Å². The number of ether oxygens (including phenoxy) is 2. The van der Waals surface area contributed by atoms with E-state index in [1.54, 1.807) is 25.5 Å². The second kappa shape index (κ2) is 6.65. The number of nitrogens with zero attached hydrogens (tertiary/aromatic N) is 1. The van der Waals surface area contributed by atoms with Gasteiger partial charge in [-0.1, -0.05) is 0 Å². The molecule has 4 heteroatoms. The van der Waals surface area contributed by atoms with Crippen molar-refractivity contribution in [3.63, 3.8) is 0 Å². The number of rotatable bonds is 6. The van der Waals surface area contributed by atoms with Crippen molar-refractivity contribution in [1.29, 1.82) is 0 Å². The number of fused-ring (bicyclic) bond motifs is 2. The lowest BCUT2D eigenvalue weighted by atomic mass is 9.97. The Hall–Kier alpha value is -1.97. The number of hydrogen-bond donors (Lipinski definition) is 0. The molecule has 2 aliphatic carbocycles. The quantitative estimate of drug-likeness (QED) is 0.595. The summed E-state index contributed by atoms with van der Waals surface area (Å²) >= 11 is 0. The highest BCUT2D eigenvalue weighted by Gasteiger charge is 2.41. The lowest BCUT2D eigenvalue weighted by Crippen LogP contribution is -2.23. The molecule has 3 unspecified atom stereocenters. The largest absolute Gasteiger partial charge is 0.493 e. The standard InChI is InChI=1S/C19H25NO3/c1-20(2)9-8-16(21)14-6-7-17(22-3)19(12-14)23-18-11-13-4-5-15(18)10-13/h6-9,12-13,15,18H,4-5,10-11H2,1-3H3. The highest BCUT2D eigenvalue weighted by molar-refractivity contribution is 6.04. The molecule has 3 atom stereocenters. The van der Waals surface area contributed by atoms with Crippen molar-refractivity contribution in [2.75, 3.05) is 21.2 Å². The molecule has 0 aromatic heterocycles. The van der Waals surface area contributed by atoms with E-state index in [2.05, 4.69) is 0 Å². The summed E-state index contributed by atoms with van der Waals surface area (Å²) in [4.78, 5) is 14.1. The van der Waals surface area contributed by atoms with Crippen LogP contribution in [0.2, 0.25) is 0 Å². The van der Waals surface area contributed by atoms with Gasteiger partial charge >= 0.3 is 0 Å². The van der Waals surface area contributed by atoms with Crippen LogP contribution in [0, 0.1) is 11.8 Å². The third-order valence-corrected chi connectivity index (χ3v) is 4.92. The fourth-order valence-corrected chi connectivity index (χ4v) is 3.73. The number of allylic oxidation sites excluding steroid dienone is 1. The summed E-state index contributed by atoms with van der Waals surface area (Å²) in [5.41, 5.74) is 0.627. The predicted octanol–water partition coefficient (Wildman–Crippen LogP) is 3.52. The molecule has 0 N–H and O–H groups in total. The zero-order valence-corrected chi connectivity index (χ0v) is 14.1. The second-order valence-corrected chi connectivity index (χ2v) is 6.84. The molecule has 0 amide bonds. The van der Waals surface area contributed by atoms with E-state index in [0.717, 1.165) is 12.3 Å². The third-order valence-electron chi connectivity index (χ3n) is 4.92. The lowest BCUT2D eigenvalue weighted by molar-refractivity contribution is 0.104. The van der Waals surface area contributed by atoms with Crippen LogP contribution >= 0.6 is 0 Å². The van der Waals surface area contributed by atoms with Crippen molar-refractivity contribution in [2.24, 2.45) is 11.8 Å². The van der Waals surface area contributed by atoms with Crippen LogP contribution in [0.5, 0.6) is 11.5 Å². The number of methoxy groups -OCH3 is 1. The van der Waals surface area contributed by atoms with Gasteiger partial charge in [0.05, 0.1) is 7.11 Å². The first-order valence-electron chi connectivity index (χ1n) is 8.30. The van der Waals surface area contributed by atoms with Gasteiger partial charge in [0.2, 0.25) is 0 Å². The minimum Gasteiger partial charge on any atom is -0.493 e. The number of benzene rings is 1. The lowest BCUT2D eigenvalue weighted by Gasteiger charge is -2.24. The van der Waals surface area contributed by atoms with Gasteiger partial charge in [0, 0.05) is 31.9 Å². The molecule has 2 aliphatic rings. The van der Waals surface area contributed by atoms with Crippen LogP contribution in [-0.2, 0) is 0 Å². The highest BCUT2D eigenvalue weighted by atomic mass is 16.5. The first-order valence-corrected chi connectivity index (χ1v) is 8.30. The van der Waals surface area contributed by atoms with Gasteiger partial charge in [-0.3, -0.25) is 4.79 Å². The van der Waals surface area contributed by atoms with Crippen LogP contribution in [-0.4, -0.2) is 38.0 Å². The maximum atomic E-state index is 12.3. The van der Waals surface area contributed by atoms with Crippen LogP contribution in [0.1, 0.15) is 36.0 Å². The molecular formula is C19H25NO3. The first-order chi connectivity index (χ1) is 11.1. The summed E-state index contributed by atoms with van der Waals surface area (Å²) in [6.07, 6.45) is 8.62. The molecule has 23 heavy (non-hydrogen) atoms. The minimum absolute atomic E-state index is 0.0286. The van der Waals surface area contributed by atoms with Gasteiger partial charge in [0.15, 0.2) is 17.3 Å². The Balaban J connectivity index is 1.78. The Kier molecular flexibility index (Phi) is 4.60. The molecule has 0 heterocycles. The van der Waals surface area contributed by atoms with E-state index in [9.17, 15) is 4.79 Å². The molecule has 2 saturated carbocycles. The molecule has 2 bridgehead atoms. The molecule has 3 rings (SSSR count). The van der Waals surface area contributed by atoms with Gasteiger partial charge < -0.3 is 14.4 Å². The van der Waals surface area contributed by atoms with Gasteiger partial charge in [0.1, 0.15) is 6.10 Å². The Morgan fingerprint density at radius 1 is 1.22 bits per heavy atom. The third kappa shape index (κ3) is 3.52. The monoisotopic (exact) mass is 315 g/mol. The maximum Gasteiger partial charge on any atom is 0.187 e. The highest BCUT2D eigenvalue weighted by Crippen LogP contribution is 2.46. The van der Waals surface area contributed by atoms with Gasteiger partial charge in [-0.2, -0.15) is 0 Å². The second-order valence-electron chi connectivity index (χ2n) is 6.84. The molecule has 0 spiro atoms. The van der Waals surface area contributed by atoms with Gasteiger partial charge in [-0.25, -0.2) is 0 Å². The van der Waals surface area contributed by atoms with Crippen molar-refractivity contribution < 1.29 is 14.3 Å². The van der Waals surface area contributed by atoms with Crippen molar-refractivity contribution in [2.45, 2.75) is 31.8 Å². The maximum absolute atomic E-state index is 12.3. The summed E-state index contributed by atoms with van der Waals surface area (Å²) in [6, 6.07) is 5.42. The Morgan fingerprint density at radius 2 is 2.04 bits per heavy atom. The van der Waals surface area contributed by atoms with E-state index < -0.39 is 0 Å². The first kappa shape index (κ1) is 15.9. The van der Waals surface area contributed by atoms with E-state index in [1.165, 1.54) is 19.3 Å². The number of ketones is 1. The van der Waals surface area contributed by atoms with Gasteiger partial charge in [-0.05, 0) is 55.7 Å². The minimum atomic E-state index is -0.0286. The van der Waals surface area contributed by atoms with E-state index in [-0.39, 0.29) is 11.9 Å². The SMILES string of the molecule is COc1ccc(C(=O)C=CN(C)C)cc1OC1CC2CCC1C2. The average Bonchev–Trinajstić information content (AvgIpc) is 3.15. The summed E-state index contributed by atoms with van der Waals surface area (Å²) in [7, 11) is 5.42. The van der Waals surface area contributed by atoms with Crippen molar-refractivity contribution >= 4 is 5.78 Å². The van der Waals surface area contributed by atoms with Crippen molar-refractivity contribution in [1.82, 2.24) is 4.90 Å². The average molecular weight is 315 g/mol. The molecule has 0 aliphatic heterocycles. The summed E-state index contributed by atoms with van der Waals surface area (Å²) in [5, 5.41) is 0. The summed E-state index contributed by atoms with van der Waals surface area (Å²) in [6.45, 7) is 0. The van der Waals surface area contributed by atoms with E-state index in [1.807, 2.05) is 31.1 Å².